The highest BCUT2D eigenvalue weighted by atomic mass is 16.6. The van der Waals surface area contributed by atoms with Crippen molar-refractivity contribution in [1.29, 1.82) is 0 Å². The molecule has 6 aromatic carbocycles. The second-order valence-corrected chi connectivity index (χ2v) is 15.8. The lowest BCUT2D eigenvalue weighted by atomic mass is 9.88. The molecule has 2 heterocycles. The van der Waals surface area contributed by atoms with Gasteiger partial charge in [0.1, 0.15) is 53.4 Å². The SMILES string of the molecule is O[C@H](COCc1ccccc1)[C@@H](OCc1ccccc1)[C@H](OCc1ccccc1)[C@@H](OCc1ccccc1)C(c1ccc(Cc2ccccc2)o1)c1ccc(Cc2ccccc2)o1. The molecule has 8 aromatic rings. The summed E-state index contributed by atoms with van der Waals surface area (Å²) in [6.07, 6.45) is -2.56. The van der Waals surface area contributed by atoms with Crippen molar-refractivity contribution in [3.8, 4) is 0 Å². The molecule has 0 aliphatic heterocycles. The molecule has 0 bridgehead atoms. The Labute approximate surface area is 370 Å². The Morgan fingerprint density at radius 2 is 0.683 bits per heavy atom. The fourth-order valence-electron chi connectivity index (χ4n) is 7.82. The van der Waals surface area contributed by atoms with E-state index in [0.717, 1.165) is 44.9 Å². The van der Waals surface area contributed by atoms with Crippen LogP contribution in [-0.2, 0) is 58.2 Å². The van der Waals surface area contributed by atoms with Crippen LogP contribution in [-0.4, -0.2) is 36.1 Å². The first-order valence-electron chi connectivity index (χ1n) is 21.7. The van der Waals surface area contributed by atoms with E-state index in [4.69, 9.17) is 27.8 Å². The minimum Gasteiger partial charge on any atom is -0.465 e. The van der Waals surface area contributed by atoms with Gasteiger partial charge >= 0.3 is 0 Å². The van der Waals surface area contributed by atoms with Gasteiger partial charge in [0.15, 0.2) is 0 Å². The summed E-state index contributed by atoms with van der Waals surface area (Å²) in [6.45, 7) is 0.990. The molecule has 4 atom stereocenters. The van der Waals surface area contributed by atoms with E-state index in [-0.39, 0.29) is 26.4 Å². The highest BCUT2D eigenvalue weighted by Gasteiger charge is 2.44. The molecular formula is C56H54O7. The van der Waals surface area contributed by atoms with E-state index in [1.807, 2.05) is 182 Å². The van der Waals surface area contributed by atoms with Crippen molar-refractivity contribution in [2.45, 2.75) is 69.6 Å². The molecule has 0 aliphatic carbocycles. The van der Waals surface area contributed by atoms with E-state index in [0.29, 0.717) is 31.0 Å². The van der Waals surface area contributed by atoms with Gasteiger partial charge < -0.3 is 32.9 Å². The molecule has 0 radical (unpaired) electrons. The van der Waals surface area contributed by atoms with Gasteiger partial charge in [-0.1, -0.05) is 182 Å². The smallest absolute Gasteiger partial charge is 0.117 e. The van der Waals surface area contributed by atoms with Gasteiger partial charge in [-0.3, -0.25) is 0 Å². The number of rotatable bonds is 23. The Hall–Kier alpha value is -6.32. The monoisotopic (exact) mass is 838 g/mol. The number of aliphatic hydroxyl groups excluding tert-OH is 1. The molecular weight excluding hydrogens is 785 g/mol. The van der Waals surface area contributed by atoms with Crippen LogP contribution in [0.15, 0.2) is 215 Å². The zero-order valence-corrected chi connectivity index (χ0v) is 35.4. The van der Waals surface area contributed by atoms with Crippen molar-refractivity contribution in [2.75, 3.05) is 6.61 Å². The molecule has 0 spiro atoms. The molecule has 2 aromatic heterocycles. The summed E-state index contributed by atoms with van der Waals surface area (Å²) >= 11 is 0. The highest BCUT2D eigenvalue weighted by Crippen LogP contribution is 2.38. The predicted molar refractivity (Wildman–Crippen MR) is 245 cm³/mol. The van der Waals surface area contributed by atoms with E-state index < -0.39 is 30.3 Å². The Kier molecular flexibility index (Phi) is 15.6. The lowest BCUT2D eigenvalue weighted by Gasteiger charge is -2.38. The lowest BCUT2D eigenvalue weighted by molar-refractivity contribution is -0.191. The summed E-state index contributed by atoms with van der Waals surface area (Å²) in [6, 6.07) is 68.6. The van der Waals surface area contributed by atoms with Crippen LogP contribution >= 0.6 is 0 Å². The Morgan fingerprint density at radius 1 is 0.349 bits per heavy atom. The largest absolute Gasteiger partial charge is 0.465 e. The average molecular weight is 839 g/mol. The third-order valence-corrected chi connectivity index (χ3v) is 11.0. The number of ether oxygens (including phenoxy) is 4. The van der Waals surface area contributed by atoms with E-state index in [9.17, 15) is 5.11 Å². The maximum atomic E-state index is 12.4. The Morgan fingerprint density at radius 3 is 1.08 bits per heavy atom. The summed E-state index contributed by atoms with van der Waals surface area (Å²) in [4.78, 5) is 0. The first kappa shape index (κ1) is 43.3. The molecule has 8 rings (SSSR count). The number of furan rings is 2. The van der Waals surface area contributed by atoms with Gasteiger partial charge in [-0.25, -0.2) is 0 Å². The van der Waals surface area contributed by atoms with E-state index >= 15 is 0 Å². The van der Waals surface area contributed by atoms with Crippen LogP contribution in [0.1, 0.15) is 62.3 Å². The Bertz CT molecular complexity index is 2390. The zero-order chi connectivity index (χ0) is 42.9. The summed E-state index contributed by atoms with van der Waals surface area (Å²) < 4.78 is 41.0. The molecule has 0 saturated heterocycles. The molecule has 1 N–H and O–H groups in total. The van der Waals surface area contributed by atoms with Crippen molar-refractivity contribution in [2.24, 2.45) is 0 Å². The molecule has 7 heteroatoms. The second kappa shape index (κ2) is 22.7. The number of hydrogen-bond acceptors (Lipinski definition) is 7. The van der Waals surface area contributed by atoms with E-state index in [1.165, 1.54) is 0 Å². The minimum atomic E-state index is -1.13. The van der Waals surface area contributed by atoms with Crippen molar-refractivity contribution in [3.63, 3.8) is 0 Å². The van der Waals surface area contributed by atoms with Gasteiger partial charge in [0, 0.05) is 12.8 Å². The lowest BCUT2D eigenvalue weighted by Crippen LogP contribution is -2.52. The molecule has 0 amide bonds. The summed E-state index contributed by atoms with van der Waals surface area (Å²) in [5.41, 5.74) is 6.15. The second-order valence-electron chi connectivity index (χ2n) is 15.8. The predicted octanol–water partition coefficient (Wildman–Crippen LogP) is 11.5. The molecule has 320 valence electrons. The number of benzene rings is 6. The fourth-order valence-corrected chi connectivity index (χ4v) is 7.82. The first-order valence-corrected chi connectivity index (χ1v) is 21.7. The average Bonchev–Trinajstić information content (AvgIpc) is 4.00. The molecule has 0 unspecified atom stereocenters. The summed E-state index contributed by atoms with van der Waals surface area (Å²) in [5, 5.41) is 12.4. The van der Waals surface area contributed by atoms with Gasteiger partial charge in [-0.05, 0) is 57.6 Å². The van der Waals surface area contributed by atoms with Crippen molar-refractivity contribution < 1.29 is 32.9 Å². The third kappa shape index (κ3) is 12.6. The van der Waals surface area contributed by atoms with Crippen LogP contribution < -0.4 is 0 Å². The van der Waals surface area contributed by atoms with Gasteiger partial charge in [0.05, 0.1) is 33.0 Å². The molecule has 63 heavy (non-hydrogen) atoms. The van der Waals surface area contributed by atoms with Crippen molar-refractivity contribution in [3.05, 3.63) is 263 Å². The van der Waals surface area contributed by atoms with Crippen molar-refractivity contribution >= 4 is 0 Å². The molecule has 7 nitrogen and oxygen atoms in total. The van der Waals surface area contributed by atoms with Crippen LogP contribution in [0.4, 0.5) is 0 Å². The van der Waals surface area contributed by atoms with Crippen LogP contribution in [0.2, 0.25) is 0 Å². The zero-order valence-electron chi connectivity index (χ0n) is 35.4. The Balaban J connectivity index is 1.22. The number of aliphatic hydroxyl groups is 1. The van der Waals surface area contributed by atoms with Gasteiger partial charge in [0.2, 0.25) is 0 Å². The third-order valence-electron chi connectivity index (χ3n) is 11.0. The highest BCUT2D eigenvalue weighted by molar-refractivity contribution is 5.30. The maximum absolute atomic E-state index is 12.4. The topological polar surface area (TPSA) is 83.4 Å². The minimum absolute atomic E-state index is 0.0143. The fraction of sp³-hybridized carbons (Fsp3) is 0.214. The molecule has 0 saturated carbocycles. The number of hydrogen-bond donors (Lipinski definition) is 1. The summed E-state index contributed by atoms with van der Waals surface area (Å²) in [5.74, 6) is 2.25. The van der Waals surface area contributed by atoms with Crippen LogP contribution in [0.25, 0.3) is 0 Å². The van der Waals surface area contributed by atoms with Gasteiger partial charge in [0.25, 0.3) is 0 Å². The molecule has 0 fully saturated rings. The van der Waals surface area contributed by atoms with Crippen molar-refractivity contribution in [1.82, 2.24) is 0 Å². The standard InChI is InChI=1S/C56H54O7/c57-50(41-58-37-44-23-11-3-12-24-44)54(59-38-45-25-13-4-14-26-45)56(61-40-47-29-17-6-18-30-47)55(60-39-46-27-15-5-16-28-46)53(51-33-31-48(62-51)35-42-19-7-1-8-20-42)52-34-32-49(63-52)36-43-21-9-2-10-22-43/h1-34,50,53-57H,35-41H2/t50-,54-,55+,56+/m1/s1. The van der Waals surface area contributed by atoms with Crippen LogP contribution in [0.5, 0.6) is 0 Å². The normalized spacial score (nSPS) is 13.4. The summed E-state index contributed by atoms with van der Waals surface area (Å²) in [7, 11) is 0. The van der Waals surface area contributed by atoms with Crippen LogP contribution in [0, 0.1) is 0 Å². The first-order chi connectivity index (χ1) is 31.1. The maximum Gasteiger partial charge on any atom is 0.117 e. The van der Waals surface area contributed by atoms with E-state index in [2.05, 4.69) is 24.3 Å². The van der Waals surface area contributed by atoms with Gasteiger partial charge in [-0.15, -0.1) is 0 Å². The van der Waals surface area contributed by atoms with Gasteiger partial charge in [-0.2, -0.15) is 0 Å². The quantitative estimate of drug-likeness (QED) is 0.0687. The molecule has 0 aliphatic rings. The van der Waals surface area contributed by atoms with Crippen LogP contribution in [0.3, 0.4) is 0 Å². The van der Waals surface area contributed by atoms with E-state index in [1.54, 1.807) is 0 Å².